The van der Waals surface area contributed by atoms with E-state index in [9.17, 15) is 5.26 Å². The Balaban J connectivity index is 1.82. The molecule has 0 amide bonds. The summed E-state index contributed by atoms with van der Waals surface area (Å²) < 4.78 is 17.0. The van der Waals surface area contributed by atoms with E-state index in [-0.39, 0.29) is 0 Å². The van der Waals surface area contributed by atoms with Gasteiger partial charge in [-0.1, -0.05) is 35.9 Å². The molecule has 3 rings (SSSR count). The smallest absolute Gasteiger partial charge is 0.161 e. The van der Waals surface area contributed by atoms with Crippen molar-refractivity contribution in [3.63, 3.8) is 0 Å². The van der Waals surface area contributed by atoms with E-state index in [0.29, 0.717) is 30.3 Å². The van der Waals surface area contributed by atoms with Crippen LogP contribution in [0.4, 0.5) is 0 Å². The van der Waals surface area contributed by atoms with Crippen molar-refractivity contribution >= 4 is 11.6 Å². The molecule has 0 heterocycles. The topological polar surface area (TPSA) is 51.5 Å². The number of nitriles is 1. The molecule has 0 saturated heterocycles. The number of hydrogen-bond acceptors (Lipinski definition) is 4. The van der Waals surface area contributed by atoms with E-state index in [1.807, 2.05) is 55.5 Å². The minimum atomic E-state index is 0.463. The van der Waals surface area contributed by atoms with Gasteiger partial charge < -0.3 is 14.2 Å². The molecule has 4 nitrogen and oxygen atoms in total. The van der Waals surface area contributed by atoms with Crippen molar-refractivity contribution in [2.75, 3.05) is 13.7 Å². The summed E-state index contributed by atoms with van der Waals surface area (Å²) in [5, 5.41) is 9.62. The third kappa shape index (κ3) is 5.42. The normalized spacial score (nSPS) is 10.9. The summed E-state index contributed by atoms with van der Waals surface area (Å²) in [7, 11) is 1.62. The second kappa shape index (κ2) is 10.2. The lowest BCUT2D eigenvalue weighted by atomic mass is 10.0. The predicted molar refractivity (Wildman–Crippen MR) is 120 cm³/mol. The number of benzene rings is 3. The van der Waals surface area contributed by atoms with Crippen LogP contribution in [0.1, 0.15) is 29.2 Å². The van der Waals surface area contributed by atoms with Gasteiger partial charge in [-0.2, -0.15) is 5.26 Å². The zero-order valence-corrected chi connectivity index (χ0v) is 17.5. The minimum Gasteiger partial charge on any atom is -0.497 e. The number of rotatable bonds is 8. The fourth-order valence-corrected chi connectivity index (χ4v) is 2.96. The molecule has 0 aliphatic heterocycles. The Morgan fingerprint density at radius 2 is 1.67 bits per heavy atom. The standard InChI is InChI=1S/C26H25NO3/c1-4-29-26-16-21(15-23(17-27)22-10-12-24(28-3)13-11-22)9-14-25(26)30-18-20-7-5-19(2)6-8-20/h5-16H,4,18H2,1-3H3/b23-15+. The van der Waals surface area contributed by atoms with Crippen LogP contribution in [0.3, 0.4) is 0 Å². The van der Waals surface area contributed by atoms with E-state index in [4.69, 9.17) is 14.2 Å². The average Bonchev–Trinajstić information content (AvgIpc) is 2.78. The Morgan fingerprint density at radius 1 is 0.933 bits per heavy atom. The van der Waals surface area contributed by atoms with E-state index >= 15 is 0 Å². The van der Waals surface area contributed by atoms with Crippen LogP contribution in [-0.4, -0.2) is 13.7 Å². The molecule has 0 fully saturated rings. The first-order chi connectivity index (χ1) is 14.6. The van der Waals surface area contributed by atoms with Crippen molar-refractivity contribution in [2.24, 2.45) is 0 Å². The van der Waals surface area contributed by atoms with Crippen LogP contribution in [-0.2, 0) is 6.61 Å². The van der Waals surface area contributed by atoms with Crippen molar-refractivity contribution < 1.29 is 14.2 Å². The molecule has 0 aliphatic carbocycles. The van der Waals surface area contributed by atoms with Crippen LogP contribution in [0, 0.1) is 18.3 Å². The van der Waals surface area contributed by atoms with Gasteiger partial charge in [0.05, 0.1) is 25.4 Å². The summed E-state index contributed by atoms with van der Waals surface area (Å²) >= 11 is 0. The zero-order valence-electron chi connectivity index (χ0n) is 17.5. The summed E-state index contributed by atoms with van der Waals surface area (Å²) in [5.41, 5.74) is 4.58. The Hall–Kier alpha value is -3.71. The van der Waals surface area contributed by atoms with Crippen LogP contribution >= 0.6 is 0 Å². The maximum absolute atomic E-state index is 9.62. The van der Waals surface area contributed by atoms with Crippen LogP contribution in [0.2, 0.25) is 0 Å². The molecule has 0 aliphatic rings. The van der Waals surface area contributed by atoms with Crippen molar-refractivity contribution in [2.45, 2.75) is 20.5 Å². The van der Waals surface area contributed by atoms with E-state index < -0.39 is 0 Å². The molecule has 0 bridgehead atoms. The highest BCUT2D eigenvalue weighted by atomic mass is 16.5. The van der Waals surface area contributed by atoms with Gasteiger partial charge in [0.2, 0.25) is 0 Å². The van der Waals surface area contributed by atoms with Gasteiger partial charge in [-0.25, -0.2) is 0 Å². The molecule has 3 aromatic carbocycles. The lowest BCUT2D eigenvalue weighted by Crippen LogP contribution is -2.00. The Labute approximate surface area is 178 Å². The van der Waals surface area contributed by atoms with Gasteiger partial charge in [0.25, 0.3) is 0 Å². The molecule has 3 aromatic rings. The number of methoxy groups -OCH3 is 1. The molecule has 0 unspecified atom stereocenters. The first-order valence-corrected chi connectivity index (χ1v) is 9.84. The third-order valence-electron chi connectivity index (χ3n) is 4.62. The fraction of sp³-hybridized carbons (Fsp3) is 0.192. The third-order valence-corrected chi connectivity index (χ3v) is 4.62. The largest absolute Gasteiger partial charge is 0.497 e. The lowest BCUT2D eigenvalue weighted by molar-refractivity contribution is 0.269. The second-order valence-corrected chi connectivity index (χ2v) is 6.81. The maximum Gasteiger partial charge on any atom is 0.161 e. The van der Waals surface area contributed by atoms with Crippen LogP contribution in [0.15, 0.2) is 66.7 Å². The molecule has 0 radical (unpaired) electrons. The first-order valence-electron chi connectivity index (χ1n) is 9.84. The quantitative estimate of drug-likeness (QED) is 0.342. The van der Waals surface area contributed by atoms with Gasteiger partial charge in [0.1, 0.15) is 12.4 Å². The van der Waals surface area contributed by atoms with E-state index in [1.165, 1.54) is 5.56 Å². The van der Waals surface area contributed by atoms with Gasteiger partial charge in [-0.15, -0.1) is 0 Å². The molecule has 0 N–H and O–H groups in total. The Kier molecular flexibility index (Phi) is 7.13. The van der Waals surface area contributed by atoms with Crippen molar-refractivity contribution in [3.8, 4) is 23.3 Å². The van der Waals surface area contributed by atoms with Gasteiger partial charge in [-0.05, 0) is 73.0 Å². The zero-order chi connectivity index (χ0) is 21.3. The van der Waals surface area contributed by atoms with Crippen molar-refractivity contribution in [3.05, 3.63) is 89.0 Å². The van der Waals surface area contributed by atoms with Crippen LogP contribution < -0.4 is 14.2 Å². The molecular weight excluding hydrogens is 374 g/mol. The predicted octanol–water partition coefficient (Wildman–Crippen LogP) is 6.05. The van der Waals surface area contributed by atoms with Crippen LogP contribution in [0.25, 0.3) is 11.6 Å². The number of nitrogens with zero attached hydrogens (tertiary/aromatic N) is 1. The van der Waals surface area contributed by atoms with Gasteiger partial charge >= 0.3 is 0 Å². The highest BCUT2D eigenvalue weighted by Crippen LogP contribution is 2.31. The van der Waals surface area contributed by atoms with Crippen molar-refractivity contribution in [1.82, 2.24) is 0 Å². The number of allylic oxidation sites excluding steroid dienone is 1. The molecule has 0 atom stereocenters. The maximum atomic E-state index is 9.62. The number of aryl methyl sites for hydroxylation is 1. The summed E-state index contributed by atoms with van der Waals surface area (Å²) in [6.45, 7) is 4.98. The SMILES string of the molecule is CCOc1cc(/C=C(\C#N)c2ccc(OC)cc2)ccc1OCc1ccc(C)cc1. The molecule has 152 valence electrons. The van der Waals surface area contributed by atoms with Gasteiger partial charge in [-0.3, -0.25) is 0 Å². The molecule has 30 heavy (non-hydrogen) atoms. The summed E-state index contributed by atoms with van der Waals surface area (Å²) in [4.78, 5) is 0. The summed E-state index contributed by atoms with van der Waals surface area (Å²) in [5.74, 6) is 2.09. The van der Waals surface area contributed by atoms with E-state index in [2.05, 4.69) is 37.3 Å². The highest BCUT2D eigenvalue weighted by Gasteiger charge is 2.08. The van der Waals surface area contributed by atoms with E-state index in [1.54, 1.807) is 7.11 Å². The molecular formula is C26H25NO3. The highest BCUT2D eigenvalue weighted by molar-refractivity contribution is 5.90. The first kappa shape index (κ1) is 21.0. The summed E-state index contributed by atoms with van der Waals surface area (Å²) in [6, 6.07) is 23.6. The summed E-state index contributed by atoms with van der Waals surface area (Å²) in [6.07, 6.45) is 1.84. The molecule has 0 spiro atoms. The van der Waals surface area contributed by atoms with Gasteiger partial charge in [0, 0.05) is 0 Å². The van der Waals surface area contributed by atoms with Crippen molar-refractivity contribution in [1.29, 1.82) is 5.26 Å². The Morgan fingerprint density at radius 3 is 2.30 bits per heavy atom. The van der Waals surface area contributed by atoms with E-state index in [0.717, 1.165) is 22.4 Å². The number of hydrogen-bond donors (Lipinski definition) is 0. The molecule has 0 saturated carbocycles. The van der Waals surface area contributed by atoms with Crippen LogP contribution in [0.5, 0.6) is 17.2 Å². The molecule has 4 heteroatoms. The average molecular weight is 399 g/mol. The van der Waals surface area contributed by atoms with Gasteiger partial charge in [0.15, 0.2) is 11.5 Å². The fourth-order valence-electron chi connectivity index (χ4n) is 2.96. The molecule has 0 aromatic heterocycles. The minimum absolute atomic E-state index is 0.463. The second-order valence-electron chi connectivity index (χ2n) is 6.81. The Bertz CT molecular complexity index is 1050. The number of ether oxygens (including phenoxy) is 3. The monoisotopic (exact) mass is 399 g/mol. The lowest BCUT2D eigenvalue weighted by Gasteiger charge is -2.13.